The van der Waals surface area contributed by atoms with Crippen molar-refractivity contribution >= 4 is 33.3 Å². The first-order chi connectivity index (χ1) is 12.1. The Balaban J connectivity index is 1.90. The van der Waals surface area contributed by atoms with Crippen molar-refractivity contribution in [1.82, 2.24) is 9.55 Å². The van der Waals surface area contributed by atoms with Crippen molar-refractivity contribution in [3.63, 3.8) is 0 Å². The van der Waals surface area contributed by atoms with Gasteiger partial charge in [0, 0.05) is 38.1 Å². The van der Waals surface area contributed by atoms with Crippen molar-refractivity contribution in [3.05, 3.63) is 51.8 Å². The number of methoxy groups -OCH3 is 1. The van der Waals surface area contributed by atoms with E-state index < -0.39 is 11.4 Å². The maximum atomic E-state index is 12.2. The number of aromatic nitrogens is 2. The average molecular weight is 357 g/mol. The van der Waals surface area contributed by atoms with Crippen LogP contribution in [-0.4, -0.2) is 46.9 Å². The van der Waals surface area contributed by atoms with Crippen LogP contribution in [0.25, 0.3) is 15.9 Å². The first kappa shape index (κ1) is 15.8. The third kappa shape index (κ3) is 2.59. The fraction of sp³-hybridized carbons (Fsp3) is 0.235. The number of benzene rings is 1. The van der Waals surface area contributed by atoms with Crippen molar-refractivity contribution in [2.75, 3.05) is 25.1 Å². The molecule has 1 aromatic carbocycles. The van der Waals surface area contributed by atoms with Crippen LogP contribution in [0.5, 0.6) is 0 Å². The Morgan fingerprint density at radius 1 is 1.36 bits per heavy atom. The predicted octanol–water partition coefficient (Wildman–Crippen LogP) is 1.98. The molecule has 0 spiro atoms. The normalized spacial score (nSPS) is 14.7. The maximum Gasteiger partial charge on any atom is 0.343 e. The van der Waals surface area contributed by atoms with Gasteiger partial charge in [0.05, 0.1) is 21.8 Å². The number of hydrogen-bond donors (Lipinski definition) is 1. The van der Waals surface area contributed by atoms with Gasteiger partial charge in [-0.25, -0.2) is 9.78 Å². The maximum absolute atomic E-state index is 12.2. The quantitative estimate of drug-likeness (QED) is 0.769. The first-order valence-electron chi connectivity index (χ1n) is 7.69. The van der Waals surface area contributed by atoms with E-state index in [9.17, 15) is 14.7 Å². The van der Waals surface area contributed by atoms with Crippen molar-refractivity contribution < 1.29 is 14.6 Å². The minimum atomic E-state index is -1.23. The number of rotatable bonds is 4. The van der Waals surface area contributed by atoms with Gasteiger partial charge in [0.25, 0.3) is 0 Å². The molecule has 3 heterocycles. The van der Waals surface area contributed by atoms with Crippen molar-refractivity contribution in [2.24, 2.45) is 0 Å². The number of carboxylic acids is 1. The van der Waals surface area contributed by atoms with E-state index in [1.807, 2.05) is 23.1 Å². The molecule has 1 aliphatic rings. The molecule has 1 N–H and O–H groups in total. The predicted molar refractivity (Wildman–Crippen MR) is 95.2 cm³/mol. The molecule has 1 fully saturated rings. The van der Waals surface area contributed by atoms with Crippen LogP contribution in [-0.2, 0) is 4.74 Å². The molecule has 1 aliphatic heterocycles. The highest BCUT2D eigenvalue weighted by molar-refractivity contribution is 7.16. The number of thiazole rings is 1. The van der Waals surface area contributed by atoms with E-state index in [0.717, 1.165) is 15.9 Å². The Morgan fingerprint density at radius 3 is 2.88 bits per heavy atom. The van der Waals surface area contributed by atoms with Crippen LogP contribution in [0.1, 0.15) is 10.4 Å². The Hall–Kier alpha value is -2.71. The lowest BCUT2D eigenvalue weighted by atomic mass is 10.1. The Bertz CT molecular complexity index is 1020. The molecule has 7 nitrogen and oxygen atoms in total. The summed E-state index contributed by atoms with van der Waals surface area (Å²) in [5.41, 5.74) is 2.72. The lowest BCUT2D eigenvalue weighted by Crippen LogP contribution is -2.53. The number of carbonyl (C=O) groups is 1. The van der Waals surface area contributed by atoms with Crippen LogP contribution in [0.2, 0.25) is 0 Å². The number of hydrogen-bond acceptors (Lipinski definition) is 6. The van der Waals surface area contributed by atoms with Gasteiger partial charge in [0.1, 0.15) is 11.4 Å². The summed E-state index contributed by atoms with van der Waals surface area (Å²) in [5.74, 6) is -0.841. The lowest BCUT2D eigenvalue weighted by molar-refractivity contribution is 0.0683. The highest BCUT2D eigenvalue weighted by Crippen LogP contribution is 2.29. The SMILES string of the molecule is COC1CN(c2c(C(=O)O)c(=O)ccn2-c2ccc3ncsc3c2)C1. The molecule has 25 heavy (non-hydrogen) atoms. The van der Waals surface area contributed by atoms with Gasteiger partial charge < -0.3 is 19.3 Å². The van der Waals surface area contributed by atoms with Gasteiger partial charge in [-0.05, 0) is 18.2 Å². The molecule has 2 aromatic heterocycles. The molecule has 0 radical (unpaired) electrons. The largest absolute Gasteiger partial charge is 0.477 e. The molecule has 0 atom stereocenters. The van der Waals surface area contributed by atoms with Gasteiger partial charge in [0.15, 0.2) is 5.43 Å². The summed E-state index contributed by atoms with van der Waals surface area (Å²) >= 11 is 1.51. The number of nitrogens with zero attached hydrogens (tertiary/aromatic N) is 3. The number of aromatic carboxylic acids is 1. The monoisotopic (exact) mass is 357 g/mol. The summed E-state index contributed by atoms with van der Waals surface area (Å²) < 4.78 is 8.02. The molecule has 0 unspecified atom stereocenters. The average Bonchev–Trinajstić information content (AvgIpc) is 3.01. The van der Waals surface area contributed by atoms with Crippen LogP contribution in [0, 0.1) is 0 Å². The van der Waals surface area contributed by atoms with Crippen LogP contribution in [0.4, 0.5) is 5.82 Å². The molecule has 0 saturated carbocycles. The summed E-state index contributed by atoms with van der Waals surface area (Å²) in [5, 5.41) is 9.57. The van der Waals surface area contributed by atoms with E-state index >= 15 is 0 Å². The second-order valence-corrected chi connectivity index (χ2v) is 6.71. The van der Waals surface area contributed by atoms with Crippen molar-refractivity contribution in [2.45, 2.75) is 6.10 Å². The van der Waals surface area contributed by atoms with E-state index in [1.54, 1.807) is 23.4 Å². The highest BCUT2D eigenvalue weighted by Gasteiger charge is 2.33. The van der Waals surface area contributed by atoms with Crippen molar-refractivity contribution in [3.8, 4) is 5.69 Å². The van der Waals surface area contributed by atoms with E-state index in [0.29, 0.717) is 18.9 Å². The third-order valence-electron chi connectivity index (χ3n) is 4.36. The second kappa shape index (κ2) is 5.98. The van der Waals surface area contributed by atoms with Gasteiger partial charge >= 0.3 is 5.97 Å². The second-order valence-electron chi connectivity index (χ2n) is 5.82. The molecule has 4 rings (SSSR count). The molecule has 8 heteroatoms. The molecule has 0 aliphatic carbocycles. The van der Waals surface area contributed by atoms with E-state index in [2.05, 4.69) is 4.98 Å². The smallest absolute Gasteiger partial charge is 0.343 e. The van der Waals surface area contributed by atoms with E-state index in [4.69, 9.17) is 4.74 Å². The fourth-order valence-corrected chi connectivity index (χ4v) is 3.71. The third-order valence-corrected chi connectivity index (χ3v) is 5.15. The molecular formula is C17H15N3O4S. The number of pyridine rings is 1. The van der Waals surface area contributed by atoms with E-state index in [-0.39, 0.29) is 11.7 Å². The lowest BCUT2D eigenvalue weighted by Gasteiger charge is -2.41. The Kier molecular flexibility index (Phi) is 3.78. The van der Waals surface area contributed by atoms with Crippen LogP contribution < -0.4 is 10.3 Å². The topological polar surface area (TPSA) is 84.7 Å². The number of anilines is 1. The zero-order valence-corrected chi connectivity index (χ0v) is 14.2. The van der Waals surface area contributed by atoms with Gasteiger partial charge in [-0.1, -0.05) is 0 Å². The summed E-state index contributed by atoms with van der Waals surface area (Å²) in [7, 11) is 1.62. The molecule has 3 aromatic rings. The van der Waals surface area contributed by atoms with Gasteiger partial charge in [-0.15, -0.1) is 11.3 Å². The van der Waals surface area contributed by atoms with Crippen LogP contribution in [0.3, 0.4) is 0 Å². The molecule has 0 amide bonds. The highest BCUT2D eigenvalue weighted by atomic mass is 32.1. The summed E-state index contributed by atoms with van der Waals surface area (Å²) in [6.07, 6.45) is 1.65. The summed E-state index contributed by atoms with van der Waals surface area (Å²) in [6.45, 7) is 1.09. The fourth-order valence-electron chi connectivity index (χ4n) is 3.00. The standard InChI is InChI=1S/C17H15N3O4S/c1-24-11-7-19(8-11)16-15(17(22)23)13(21)4-5-20(16)10-2-3-12-14(6-10)25-9-18-12/h2-6,9,11H,7-8H2,1H3,(H,22,23). The molecule has 1 saturated heterocycles. The zero-order chi connectivity index (χ0) is 17.6. The number of ether oxygens (including phenoxy) is 1. The Morgan fingerprint density at radius 2 is 2.16 bits per heavy atom. The van der Waals surface area contributed by atoms with Crippen molar-refractivity contribution in [1.29, 1.82) is 0 Å². The molecule has 0 bridgehead atoms. The Labute approximate surface area is 146 Å². The van der Waals surface area contributed by atoms with Gasteiger partial charge in [-0.3, -0.25) is 4.79 Å². The van der Waals surface area contributed by atoms with Crippen LogP contribution >= 0.6 is 11.3 Å². The first-order valence-corrected chi connectivity index (χ1v) is 8.57. The summed E-state index contributed by atoms with van der Waals surface area (Å²) in [4.78, 5) is 30.0. The number of fused-ring (bicyclic) bond motifs is 1. The van der Waals surface area contributed by atoms with Crippen LogP contribution in [0.15, 0.2) is 40.8 Å². The van der Waals surface area contributed by atoms with E-state index in [1.165, 1.54) is 17.4 Å². The van der Waals surface area contributed by atoms with Gasteiger partial charge in [0.2, 0.25) is 0 Å². The minimum Gasteiger partial charge on any atom is -0.477 e. The minimum absolute atomic E-state index is 0.0365. The summed E-state index contributed by atoms with van der Waals surface area (Å²) in [6, 6.07) is 6.99. The zero-order valence-electron chi connectivity index (χ0n) is 13.4. The van der Waals surface area contributed by atoms with Gasteiger partial charge in [-0.2, -0.15) is 0 Å². The molecule has 128 valence electrons. The number of carboxylic acid groups (broad SMARTS) is 1. The molecular weight excluding hydrogens is 342 g/mol.